The molecule has 9 heteroatoms. The van der Waals surface area contributed by atoms with E-state index in [4.69, 9.17) is 29.4 Å². The number of nitrogens with zero attached hydrogens (tertiary/aromatic N) is 4. The molecule has 3 aliphatic heterocycles. The lowest BCUT2D eigenvalue weighted by molar-refractivity contribution is -0.140. The summed E-state index contributed by atoms with van der Waals surface area (Å²) in [4.78, 5) is 41.1. The lowest BCUT2D eigenvalue weighted by atomic mass is 9.85. The average molecular weight is 665 g/mol. The van der Waals surface area contributed by atoms with Crippen molar-refractivity contribution in [1.82, 2.24) is 29.9 Å². The normalized spacial score (nSPS) is 17.0. The Morgan fingerprint density at radius 1 is 0.900 bits per heavy atom. The molecule has 252 valence electrons. The number of esters is 1. The highest BCUT2D eigenvalue weighted by molar-refractivity contribution is 6.09. The third kappa shape index (κ3) is 4.82. The second-order valence-electron chi connectivity index (χ2n) is 13.4. The SMILES string of the molecule is C=CC1=C(C)c2cc3[nH]c(c4c5[nH]c(cc6nc(cc1n2)C(C)=C6CC)c(COC)c5-c1nc2ccccc2nc1-4)[C@@H](CCC(=O)OC)[C@@H]3C. The van der Waals surface area contributed by atoms with Crippen molar-refractivity contribution in [3.05, 3.63) is 94.8 Å². The first-order chi connectivity index (χ1) is 24.3. The van der Waals surface area contributed by atoms with Gasteiger partial charge in [0.25, 0.3) is 0 Å². The minimum Gasteiger partial charge on any atom is -0.469 e. The first kappa shape index (κ1) is 31.8. The number of ether oxygens (including phenoxy) is 2. The van der Waals surface area contributed by atoms with Crippen LogP contribution in [0.1, 0.15) is 98.5 Å². The fraction of sp³-hybridized carbons (Fsp3) is 0.293. The lowest BCUT2D eigenvalue weighted by Gasteiger charge is -2.17. The highest BCUT2D eigenvalue weighted by Crippen LogP contribution is 2.52. The summed E-state index contributed by atoms with van der Waals surface area (Å²) in [5, 5.41) is 0. The third-order valence-electron chi connectivity index (χ3n) is 10.7. The number of nitrogens with one attached hydrogen (secondary N) is 2. The second kappa shape index (κ2) is 12.2. The van der Waals surface area contributed by atoms with E-state index in [1.165, 1.54) is 12.7 Å². The number of H-pyrrole nitrogens is 2. The van der Waals surface area contributed by atoms with Crippen molar-refractivity contribution in [3.63, 3.8) is 0 Å². The molecule has 1 aliphatic carbocycles. The van der Waals surface area contributed by atoms with E-state index in [0.717, 1.165) is 107 Å². The number of carbonyl (C=O) groups excluding carboxylic acids is 1. The van der Waals surface area contributed by atoms with E-state index in [1.54, 1.807) is 7.11 Å². The van der Waals surface area contributed by atoms with Gasteiger partial charge in [-0.25, -0.2) is 19.9 Å². The molecule has 4 aromatic rings. The number of rotatable bonds is 7. The lowest BCUT2D eigenvalue weighted by Crippen LogP contribution is -2.08. The highest BCUT2D eigenvalue weighted by atomic mass is 16.5. The van der Waals surface area contributed by atoms with E-state index in [0.29, 0.717) is 13.0 Å². The number of hydrogen-bond acceptors (Lipinski definition) is 7. The molecular weight excluding hydrogens is 624 g/mol. The van der Waals surface area contributed by atoms with E-state index < -0.39 is 0 Å². The zero-order valence-electron chi connectivity index (χ0n) is 29.3. The number of allylic oxidation sites excluding steroid dienone is 5. The maximum Gasteiger partial charge on any atom is 0.305 e. The molecular formula is C41H40N6O3. The van der Waals surface area contributed by atoms with Crippen molar-refractivity contribution in [2.75, 3.05) is 14.2 Å². The van der Waals surface area contributed by atoms with Crippen LogP contribution in [-0.4, -0.2) is 50.1 Å². The van der Waals surface area contributed by atoms with Gasteiger partial charge in [-0.3, -0.25) is 4.79 Å². The molecule has 0 amide bonds. The summed E-state index contributed by atoms with van der Waals surface area (Å²) in [5.74, 6) is -0.224. The number of hydrogen-bond donors (Lipinski definition) is 2. The van der Waals surface area contributed by atoms with Gasteiger partial charge in [-0.05, 0) is 73.7 Å². The van der Waals surface area contributed by atoms with Crippen LogP contribution in [0.2, 0.25) is 0 Å². The molecule has 1 aromatic carbocycles. The van der Waals surface area contributed by atoms with Gasteiger partial charge in [-0.2, -0.15) is 0 Å². The zero-order chi connectivity index (χ0) is 34.8. The first-order valence-electron chi connectivity index (χ1n) is 17.2. The van der Waals surface area contributed by atoms with E-state index in [9.17, 15) is 4.79 Å². The van der Waals surface area contributed by atoms with Crippen LogP contribution in [0, 0.1) is 0 Å². The van der Waals surface area contributed by atoms with E-state index in [1.807, 2.05) is 30.3 Å². The summed E-state index contributed by atoms with van der Waals surface area (Å²) >= 11 is 0. The summed E-state index contributed by atoms with van der Waals surface area (Å²) in [6.45, 7) is 13.1. The average Bonchev–Trinajstić information content (AvgIpc) is 3.86. The number of aromatic amines is 2. The van der Waals surface area contributed by atoms with Crippen molar-refractivity contribution in [1.29, 1.82) is 0 Å². The maximum absolute atomic E-state index is 12.5. The standard InChI is InChI=1S/C41H40N6O3/c1-8-23-20(3)29-16-31-22(5)25(14-15-35(48)50-7)38(46-31)37-39-36(40-41(37)45-28-13-11-10-12-27(28)44-40)26(19-49-6)34(47-39)18-33-24(9-2)21(4)30(43-33)17-32(23)42-29/h8,10-13,16-18,22,25,46-47H,1,9,14-15,19H2,2-7H3/t22-,25-/m0/s1. The van der Waals surface area contributed by atoms with Gasteiger partial charge in [0.05, 0.1) is 58.7 Å². The number of methoxy groups -OCH3 is 2. The molecule has 0 spiro atoms. The smallest absolute Gasteiger partial charge is 0.305 e. The molecule has 0 saturated heterocycles. The minimum atomic E-state index is -0.234. The Morgan fingerprint density at radius 2 is 1.60 bits per heavy atom. The Balaban J connectivity index is 1.55. The number of para-hydroxylation sites is 2. The van der Waals surface area contributed by atoms with E-state index in [-0.39, 0.29) is 24.2 Å². The summed E-state index contributed by atoms with van der Waals surface area (Å²) < 4.78 is 11.0. The van der Waals surface area contributed by atoms with Gasteiger partial charge in [0, 0.05) is 64.5 Å². The van der Waals surface area contributed by atoms with Gasteiger partial charge in [-0.15, -0.1) is 0 Å². The summed E-state index contributed by atoms with van der Waals surface area (Å²) in [6.07, 6.45) is 3.59. The molecule has 0 unspecified atom stereocenters. The molecule has 3 aromatic heterocycles. The molecule has 8 bridgehead atoms. The highest BCUT2D eigenvalue weighted by Gasteiger charge is 2.37. The predicted molar refractivity (Wildman–Crippen MR) is 198 cm³/mol. The Morgan fingerprint density at radius 3 is 2.28 bits per heavy atom. The van der Waals surface area contributed by atoms with Crippen molar-refractivity contribution in [3.8, 4) is 22.5 Å². The van der Waals surface area contributed by atoms with Gasteiger partial charge < -0.3 is 19.4 Å². The third-order valence-corrected chi connectivity index (χ3v) is 10.7. The number of carbonyl (C=O) groups is 1. The van der Waals surface area contributed by atoms with Crippen LogP contribution in [0.4, 0.5) is 0 Å². The van der Waals surface area contributed by atoms with E-state index >= 15 is 0 Å². The molecule has 0 radical (unpaired) electrons. The maximum atomic E-state index is 12.5. The molecule has 0 fully saturated rings. The quantitative estimate of drug-likeness (QED) is 0.167. The summed E-state index contributed by atoms with van der Waals surface area (Å²) in [5.41, 5.74) is 18.0. The Bertz CT molecular complexity index is 2410. The number of aromatic nitrogens is 6. The number of fused-ring (bicyclic) bond motifs is 12. The Labute approximate surface area is 290 Å². The fourth-order valence-electron chi connectivity index (χ4n) is 8.03. The van der Waals surface area contributed by atoms with Crippen molar-refractivity contribution in [2.24, 2.45) is 0 Å². The molecule has 2 N–H and O–H groups in total. The fourth-order valence-corrected chi connectivity index (χ4v) is 8.03. The van der Waals surface area contributed by atoms with Crippen LogP contribution in [0.3, 0.4) is 0 Å². The van der Waals surface area contributed by atoms with Crippen molar-refractivity contribution in [2.45, 2.75) is 65.4 Å². The predicted octanol–water partition coefficient (Wildman–Crippen LogP) is 9.07. The van der Waals surface area contributed by atoms with Crippen molar-refractivity contribution < 1.29 is 14.3 Å². The molecule has 6 heterocycles. The van der Waals surface area contributed by atoms with Crippen LogP contribution in [-0.2, 0) is 20.9 Å². The van der Waals surface area contributed by atoms with Gasteiger partial charge in [0.15, 0.2) is 0 Å². The van der Waals surface area contributed by atoms with Gasteiger partial charge >= 0.3 is 5.97 Å². The molecule has 9 nitrogen and oxygen atoms in total. The summed E-state index contributed by atoms with van der Waals surface area (Å²) in [6, 6.07) is 14.4. The number of benzene rings is 1. The Kier molecular flexibility index (Phi) is 7.75. The van der Waals surface area contributed by atoms with Crippen molar-refractivity contribution >= 4 is 50.3 Å². The van der Waals surface area contributed by atoms with Crippen LogP contribution in [0.15, 0.2) is 55.1 Å². The molecule has 2 atom stereocenters. The van der Waals surface area contributed by atoms with Crippen LogP contribution in [0.25, 0.3) is 66.9 Å². The summed E-state index contributed by atoms with van der Waals surface area (Å²) in [7, 11) is 3.16. The van der Waals surface area contributed by atoms with Gasteiger partial charge in [0.1, 0.15) is 5.69 Å². The van der Waals surface area contributed by atoms with Crippen LogP contribution in [0.5, 0.6) is 0 Å². The topological polar surface area (TPSA) is 119 Å². The first-order valence-corrected chi connectivity index (χ1v) is 17.2. The molecule has 0 saturated carbocycles. The van der Waals surface area contributed by atoms with Gasteiger partial charge in [-0.1, -0.05) is 38.6 Å². The largest absolute Gasteiger partial charge is 0.469 e. The second-order valence-corrected chi connectivity index (χ2v) is 13.4. The Hall–Kier alpha value is -5.41. The van der Waals surface area contributed by atoms with E-state index in [2.05, 4.69) is 62.4 Å². The van der Waals surface area contributed by atoms with Gasteiger partial charge in [0.2, 0.25) is 0 Å². The van der Waals surface area contributed by atoms with Crippen LogP contribution < -0.4 is 0 Å². The zero-order valence-corrected chi connectivity index (χ0v) is 29.3. The molecule has 50 heavy (non-hydrogen) atoms. The molecule has 8 rings (SSSR count). The monoisotopic (exact) mass is 664 g/mol. The van der Waals surface area contributed by atoms with Crippen LogP contribution >= 0.6 is 0 Å². The molecule has 4 aliphatic rings. The minimum absolute atomic E-state index is 0.0342.